The van der Waals surface area contributed by atoms with Crippen LogP contribution in [0.25, 0.3) is 0 Å². The Hall–Kier alpha value is -2.20. The maximum absolute atomic E-state index is 10.9. The third kappa shape index (κ3) is 2.98. The van der Waals surface area contributed by atoms with Crippen LogP contribution in [0.3, 0.4) is 0 Å². The molecule has 0 aliphatic carbocycles. The van der Waals surface area contributed by atoms with Crippen molar-refractivity contribution in [1.82, 2.24) is 0 Å². The summed E-state index contributed by atoms with van der Waals surface area (Å²) in [7, 11) is 0. The first-order valence-corrected chi connectivity index (χ1v) is 5.88. The molecular weight excluding hydrogens is 268 g/mol. The lowest BCUT2D eigenvalue weighted by Crippen LogP contribution is -1.99. The molecule has 0 fully saturated rings. The van der Waals surface area contributed by atoms with E-state index in [0.717, 1.165) is 0 Å². The van der Waals surface area contributed by atoms with Gasteiger partial charge in [0.1, 0.15) is 17.1 Å². The molecule has 3 N–H and O–H groups in total. The van der Waals surface area contributed by atoms with Crippen LogP contribution in [0.2, 0.25) is 5.02 Å². The molecule has 0 atom stereocenters. The monoisotopic (exact) mass is 278 g/mol. The minimum atomic E-state index is -1.20. The first-order chi connectivity index (χ1) is 8.97. The molecule has 0 spiro atoms. The van der Waals surface area contributed by atoms with Crippen LogP contribution in [0.5, 0.6) is 11.5 Å². The van der Waals surface area contributed by atoms with E-state index in [2.05, 4.69) is 0 Å². The Bertz CT molecular complexity index is 637. The number of hydrogen-bond acceptors (Lipinski definition) is 3. The van der Waals surface area contributed by atoms with Crippen molar-refractivity contribution in [2.75, 3.05) is 0 Å². The number of hydrogen-bond donors (Lipinski definition) is 3. The summed E-state index contributed by atoms with van der Waals surface area (Å²) in [5.41, 5.74) is 1.08. The molecule has 0 bridgehead atoms. The van der Waals surface area contributed by atoms with E-state index in [1.807, 2.05) is 0 Å². The van der Waals surface area contributed by atoms with Gasteiger partial charge in [0.2, 0.25) is 0 Å². The van der Waals surface area contributed by atoms with E-state index in [1.54, 1.807) is 18.2 Å². The minimum Gasteiger partial charge on any atom is -0.508 e. The van der Waals surface area contributed by atoms with E-state index in [1.165, 1.54) is 18.2 Å². The molecule has 0 unspecified atom stereocenters. The molecule has 0 amide bonds. The third-order valence-electron chi connectivity index (χ3n) is 2.73. The lowest BCUT2D eigenvalue weighted by atomic mass is 10.0. The van der Waals surface area contributed by atoms with E-state index < -0.39 is 5.97 Å². The third-order valence-corrected chi connectivity index (χ3v) is 2.96. The standard InChI is InChI=1S/C14H11ClO4/c15-10-2-4-12(16)9(7-10)5-8-1-3-13(17)11(6-8)14(18)19/h1-4,6-7,16-17H,5H2,(H,18,19). The predicted molar refractivity (Wildman–Crippen MR) is 71.0 cm³/mol. The van der Waals surface area contributed by atoms with Crippen molar-refractivity contribution >= 4 is 17.6 Å². The highest BCUT2D eigenvalue weighted by atomic mass is 35.5. The van der Waals surface area contributed by atoms with Gasteiger partial charge in [0, 0.05) is 11.4 Å². The summed E-state index contributed by atoms with van der Waals surface area (Å²) in [6, 6.07) is 8.96. The van der Waals surface area contributed by atoms with Crippen LogP contribution in [-0.4, -0.2) is 21.3 Å². The molecule has 4 nitrogen and oxygen atoms in total. The van der Waals surface area contributed by atoms with Crippen LogP contribution < -0.4 is 0 Å². The maximum atomic E-state index is 10.9. The Labute approximate surface area is 114 Å². The summed E-state index contributed by atoms with van der Waals surface area (Å²) >= 11 is 5.84. The Morgan fingerprint density at radius 3 is 2.42 bits per heavy atom. The predicted octanol–water partition coefficient (Wildman–Crippen LogP) is 3.04. The fourth-order valence-corrected chi connectivity index (χ4v) is 1.97. The van der Waals surface area contributed by atoms with Crippen LogP contribution in [0, 0.1) is 0 Å². The lowest BCUT2D eigenvalue weighted by molar-refractivity contribution is 0.0693. The summed E-state index contributed by atoms with van der Waals surface area (Å²) in [4.78, 5) is 10.9. The second-order valence-corrected chi connectivity index (χ2v) is 4.54. The van der Waals surface area contributed by atoms with Crippen LogP contribution in [-0.2, 0) is 6.42 Å². The van der Waals surface area contributed by atoms with Gasteiger partial charge in [-0.1, -0.05) is 17.7 Å². The van der Waals surface area contributed by atoms with Crippen molar-refractivity contribution in [2.45, 2.75) is 6.42 Å². The molecule has 0 aliphatic rings. The Morgan fingerprint density at radius 1 is 1.05 bits per heavy atom. The Balaban J connectivity index is 2.36. The summed E-state index contributed by atoms with van der Waals surface area (Å²) in [6.45, 7) is 0. The summed E-state index contributed by atoms with van der Waals surface area (Å²) in [5, 5.41) is 28.5. The van der Waals surface area contributed by atoms with Crippen LogP contribution >= 0.6 is 11.6 Å². The SMILES string of the molecule is O=C(O)c1cc(Cc2cc(Cl)ccc2O)ccc1O. The molecule has 2 aromatic carbocycles. The molecule has 2 rings (SSSR count). The number of carboxylic acid groups (broad SMARTS) is 1. The van der Waals surface area contributed by atoms with E-state index in [0.29, 0.717) is 22.6 Å². The quantitative estimate of drug-likeness (QED) is 0.806. The zero-order valence-electron chi connectivity index (χ0n) is 9.80. The Kier molecular flexibility index (Phi) is 3.62. The normalized spacial score (nSPS) is 10.4. The van der Waals surface area contributed by atoms with Crippen molar-refractivity contribution in [3.8, 4) is 11.5 Å². The number of phenols is 2. The van der Waals surface area contributed by atoms with Gasteiger partial charge in [0.25, 0.3) is 0 Å². The van der Waals surface area contributed by atoms with Crippen molar-refractivity contribution in [1.29, 1.82) is 0 Å². The van der Waals surface area contributed by atoms with Gasteiger partial charge in [-0.05, 0) is 41.5 Å². The van der Waals surface area contributed by atoms with E-state index in [-0.39, 0.29) is 17.1 Å². The van der Waals surface area contributed by atoms with Gasteiger partial charge in [-0.3, -0.25) is 0 Å². The zero-order chi connectivity index (χ0) is 14.0. The highest BCUT2D eigenvalue weighted by Crippen LogP contribution is 2.26. The number of benzene rings is 2. The highest BCUT2D eigenvalue weighted by molar-refractivity contribution is 6.30. The van der Waals surface area contributed by atoms with Crippen molar-refractivity contribution < 1.29 is 20.1 Å². The van der Waals surface area contributed by atoms with Gasteiger partial charge in [-0.2, -0.15) is 0 Å². The average Bonchev–Trinajstić information content (AvgIpc) is 2.36. The van der Waals surface area contributed by atoms with E-state index in [9.17, 15) is 15.0 Å². The molecule has 2 aromatic rings. The van der Waals surface area contributed by atoms with Gasteiger partial charge in [-0.25, -0.2) is 4.79 Å². The second kappa shape index (κ2) is 5.20. The van der Waals surface area contributed by atoms with Gasteiger partial charge >= 0.3 is 5.97 Å². The summed E-state index contributed by atoms with van der Waals surface area (Å²) in [5.74, 6) is -1.39. The number of halogens is 1. The summed E-state index contributed by atoms with van der Waals surface area (Å²) in [6.07, 6.45) is 0.326. The van der Waals surface area contributed by atoms with Crippen molar-refractivity contribution in [3.05, 3.63) is 58.1 Å². The second-order valence-electron chi connectivity index (χ2n) is 4.11. The van der Waals surface area contributed by atoms with Gasteiger partial charge in [0.05, 0.1) is 0 Å². The molecule has 0 saturated heterocycles. The highest BCUT2D eigenvalue weighted by Gasteiger charge is 2.11. The van der Waals surface area contributed by atoms with Crippen LogP contribution in [0.15, 0.2) is 36.4 Å². The zero-order valence-corrected chi connectivity index (χ0v) is 10.6. The molecule has 19 heavy (non-hydrogen) atoms. The van der Waals surface area contributed by atoms with Gasteiger partial charge in [0.15, 0.2) is 0 Å². The van der Waals surface area contributed by atoms with E-state index >= 15 is 0 Å². The molecule has 0 saturated carbocycles. The topological polar surface area (TPSA) is 77.8 Å². The number of carbonyl (C=O) groups is 1. The number of rotatable bonds is 3. The molecule has 0 aromatic heterocycles. The first kappa shape index (κ1) is 13.2. The molecular formula is C14H11ClO4. The van der Waals surface area contributed by atoms with Gasteiger partial charge < -0.3 is 15.3 Å². The first-order valence-electron chi connectivity index (χ1n) is 5.50. The largest absolute Gasteiger partial charge is 0.508 e. The Morgan fingerprint density at radius 2 is 1.74 bits per heavy atom. The molecule has 0 heterocycles. The molecule has 0 aliphatic heterocycles. The van der Waals surface area contributed by atoms with E-state index in [4.69, 9.17) is 16.7 Å². The lowest BCUT2D eigenvalue weighted by Gasteiger charge is -2.07. The van der Waals surface area contributed by atoms with Crippen molar-refractivity contribution in [3.63, 3.8) is 0 Å². The summed E-state index contributed by atoms with van der Waals surface area (Å²) < 4.78 is 0. The number of aromatic hydroxyl groups is 2. The smallest absolute Gasteiger partial charge is 0.339 e. The van der Waals surface area contributed by atoms with Crippen LogP contribution in [0.4, 0.5) is 0 Å². The minimum absolute atomic E-state index is 0.0920. The number of phenolic OH excluding ortho intramolecular Hbond substituents is 1. The molecule has 0 radical (unpaired) electrons. The molecule has 98 valence electrons. The van der Waals surface area contributed by atoms with Crippen molar-refractivity contribution in [2.24, 2.45) is 0 Å². The number of aromatic carboxylic acids is 1. The number of carboxylic acids is 1. The maximum Gasteiger partial charge on any atom is 0.339 e. The van der Waals surface area contributed by atoms with Crippen LogP contribution in [0.1, 0.15) is 21.5 Å². The average molecular weight is 279 g/mol. The fraction of sp³-hybridized carbons (Fsp3) is 0.0714. The van der Waals surface area contributed by atoms with Gasteiger partial charge in [-0.15, -0.1) is 0 Å². The fourth-order valence-electron chi connectivity index (χ4n) is 1.78. The molecule has 5 heteroatoms.